The molecule has 6 nitrogen and oxygen atoms in total. The summed E-state index contributed by atoms with van der Waals surface area (Å²) in [6.07, 6.45) is 61.3. The Kier molecular flexibility index (Phi) is 45.5. The summed E-state index contributed by atoms with van der Waals surface area (Å²) in [5.74, 6) is -0.947. The summed E-state index contributed by atoms with van der Waals surface area (Å²) in [5.41, 5.74) is 0. The summed E-state index contributed by atoms with van der Waals surface area (Å²) < 4.78 is 16.7. The predicted molar refractivity (Wildman–Crippen MR) is 256 cm³/mol. The fourth-order valence-corrected chi connectivity index (χ4v) is 6.63. The third kappa shape index (κ3) is 45.7. The van der Waals surface area contributed by atoms with Gasteiger partial charge in [0.15, 0.2) is 6.10 Å². The zero-order valence-corrected chi connectivity index (χ0v) is 38.9. The topological polar surface area (TPSA) is 78.9 Å². The summed E-state index contributed by atoms with van der Waals surface area (Å²) in [7, 11) is 0. The molecule has 0 aromatic heterocycles. The second-order valence-corrected chi connectivity index (χ2v) is 16.1. The lowest BCUT2D eigenvalue weighted by molar-refractivity contribution is -0.167. The van der Waals surface area contributed by atoms with Crippen LogP contribution < -0.4 is 0 Å². The largest absolute Gasteiger partial charge is 0.462 e. The molecule has 0 amide bonds. The Morgan fingerprint density at radius 2 is 0.650 bits per heavy atom. The van der Waals surface area contributed by atoms with Crippen molar-refractivity contribution in [1.29, 1.82) is 0 Å². The number of hydrogen-bond acceptors (Lipinski definition) is 6. The minimum absolute atomic E-state index is 0.0950. The van der Waals surface area contributed by atoms with Crippen LogP contribution in [0.15, 0.2) is 85.1 Å². The summed E-state index contributed by atoms with van der Waals surface area (Å²) in [6.45, 7) is 6.32. The van der Waals surface area contributed by atoms with E-state index in [0.717, 1.165) is 83.5 Å². The highest BCUT2D eigenvalue weighted by Crippen LogP contribution is 2.15. The fourth-order valence-electron chi connectivity index (χ4n) is 6.63. The Bertz CT molecular complexity index is 1190. The van der Waals surface area contributed by atoms with Crippen molar-refractivity contribution < 1.29 is 28.6 Å². The second kappa shape index (κ2) is 48.3. The first kappa shape index (κ1) is 56.6. The molecule has 0 aromatic carbocycles. The van der Waals surface area contributed by atoms with E-state index in [4.69, 9.17) is 14.2 Å². The van der Waals surface area contributed by atoms with E-state index in [1.54, 1.807) is 0 Å². The molecule has 0 spiro atoms. The van der Waals surface area contributed by atoms with Gasteiger partial charge in [-0.1, -0.05) is 228 Å². The number of allylic oxidation sites excluding steroid dienone is 14. The molecule has 0 aromatic rings. The lowest BCUT2D eigenvalue weighted by atomic mass is 10.0. The van der Waals surface area contributed by atoms with Crippen LogP contribution in [0.3, 0.4) is 0 Å². The molecule has 0 bridgehead atoms. The maximum atomic E-state index is 12.8. The molecule has 0 aliphatic carbocycles. The van der Waals surface area contributed by atoms with Crippen molar-refractivity contribution in [2.75, 3.05) is 13.2 Å². The fraction of sp³-hybridized carbons (Fsp3) is 0.685. The van der Waals surface area contributed by atoms with Gasteiger partial charge in [-0.2, -0.15) is 0 Å². The predicted octanol–water partition coefficient (Wildman–Crippen LogP) is 16.0. The number of unbranched alkanes of at least 4 members (excludes halogenated alkanes) is 23. The van der Waals surface area contributed by atoms with Crippen molar-refractivity contribution in [3.8, 4) is 0 Å². The maximum absolute atomic E-state index is 12.8. The van der Waals surface area contributed by atoms with Gasteiger partial charge < -0.3 is 14.2 Å². The van der Waals surface area contributed by atoms with E-state index in [1.807, 2.05) is 36.5 Å². The smallest absolute Gasteiger partial charge is 0.306 e. The molecule has 0 aliphatic rings. The highest BCUT2D eigenvalue weighted by atomic mass is 16.6. The van der Waals surface area contributed by atoms with Crippen molar-refractivity contribution in [2.24, 2.45) is 0 Å². The van der Waals surface area contributed by atoms with Crippen LogP contribution in [0.5, 0.6) is 0 Å². The van der Waals surface area contributed by atoms with Gasteiger partial charge in [-0.3, -0.25) is 14.4 Å². The Hall–Kier alpha value is -3.41. The number of rotatable bonds is 43. The Labute approximate surface area is 369 Å². The molecule has 0 N–H and O–H groups in total. The molecule has 0 saturated heterocycles. The Morgan fingerprint density at radius 1 is 0.350 bits per heavy atom. The number of hydrogen-bond donors (Lipinski definition) is 0. The van der Waals surface area contributed by atoms with Crippen LogP contribution in [-0.4, -0.2) is 37.2 Å². The van der Waals surface area contributed by atoms with E-state index < -0.39 is 6.10 Å². The van der Waals surface area contributed by atoms with Gasteiger partial charge in [0.1, 0.15) is 13.2 Å². The monoisotopic (exact) mass is 835 g/mol. The highest BCUT2D eigenvalue weighted by Gasteiger charge is 2.19. The minimum atomic E-state index is -0.795. The van der Waals surface area contributed by atoms with Gasteiger partial charge in [-0.25, -0.2) is 0 Å². The van der Waals surface area contributed by atoms with Crippen LogP contribution in [0.4, 0.5) is 0 Å². The standard InChI is InChI=1S/C54H90O6/c1-4-7-10-13-16-19-22-25-27-30-32-35-38-41-44-47-53(56)59-50-51(49-58-52(55)46-43-40-37-34-31-28-24-21-18-15-12-9-6-3)60-54(57)48-45-42-39-36-33-29-26-23-20-17-14-11-8-5-2/h7,9-10,12-13,15-16,18-19,21-22,24,28,31,51H,4-6,8,11,14,17,20,23,25-27,29-30,32-50H2,1-3H3/b10-7-,12-9-,16-13-,18-15-,22-19-,24-21-,31-28-. The van der Waals surface area contributed by atoms with Crippen molar-refractivity contribution >= 4 is 17.9 Å². The lowest BCUT2D eigenvalue weighted by Crippen LogP contribution is -2.30. The van der Waals surface area contributed by atoms with Crippen LogP contribution in [-0.2, 0) is 28.6 Å². The lowest BCUT2D eigenvalue weighted by Gasteiger charge is -2.18. The van der Waals surface area contributed by atoms with Gasteiger partial charge >= 0.3 is 17.9 Å². The van der Waals surface area contributed by atoms with E-state index in [2.05, 4.69) is 69.4 Å². The molecule has 0 rings (SSSR count). The molecule has 0 fully saturated rings. The van der Waals surface area contributed by atoms with Crippen molar-refractivity contribution in [1.82, 2.24) is 0 Å². The van der Waals surface area contributed by atoms with E-state index in [1.165, 1.54) is 96.3 Å². The number of carbonyl (C=O) groups excluding carboxylic acids is 3. The van der Waals surface area contributed by atoms with Crippen LogP contribution in [0, 0.1) is 0 Å². The van der Waals surface area contributed by atoms with Crippen LogP contribution >= 0.6 is 0 Å². The summed E-state index contributed by atoms with van der Waals surface area (Å²) >= 11 is 0. The van der Waals surface area contributed by atoms with Crippen LogP contribution in [0.25, 0.3) is 0 Å². The maximum Gasteiger partial charge on any atom is 0.306 e. The van der Waals surface area contributed by atoms with Gasteiger partial charge in [-0.15, -0.1) is 0 Å². The molecule has 0 heterocycles. The number of carbonyl (C=O) groups is 3. The van der Waals surface area contributed by atoms with Crippen molar-refractivity contribution in [3.05, 3.63) is 85.1 Å². The molecule has 0 saturated carbocycles. The SMILES string of the molecule is CC\C=C/C=C\C=C/C=C\CCCCCC(=O)OCC(COC(=O)CCCCCCCCC\C=C/C=C\C=C/CC)OC(=O)CCCCCCCCCCCCCCCC. The third-order valence-corrected chi connectivity index (χ3v) is 10.3. The summed E-state index contributed by atoms with van der Waals surface area (Å²) in [6, 6.07) is 0. The molecule has 60 heavy (non-hydrogen) atoms. The summed E-state index contributed by atoms with van der Waals surface area (Å²) in [4.78, 5) is 37.9. The average Bonchev–Trinajstić information content (AvgIpc) is 3.24. The molecule has 1 unspecified atom stereocenters. The zero-order valence-electron chi connectivity index (χ0n) is 38.9. The molecule has 1 atom stereocenters. The quantitative estimate of drug-likeness (QED) is 0.0263. The van der Waals surface area contributed by atoms with Crippen molar-refractivity contribution in [3.63, 3.8) is 0 Å². The Balaban J connectivity index is 4.45. The second-order valence-electron chi connectivity index (χ2n) is 16.1. The van der Waals surface area contributed by atoms with Gasteiger partial charge in [0, 0.05) is 19.3 Å². The minimum Gasteiger partial charge on any atom is -0.462 e. The van der Waals surface area contributed by atoms with Gasteiger partial charge in [-0.05, 0) is 57.8 Å². The first-order chi connectivity index (χ1) is 29.5. The van der Waals surface area contributed by atoms with Crippen LogP contribution in [0.1, 0.15) is 220 Å². The zero-order chi connectivity index (χ0) is 43.7. The highest BCUT2D eigenvalue weighted by molar-refractivity contribution is 5.71. The molecule has 342 valence electrons. The Morgan fingerprint density at radius 3 is 1.03 bits per heavy atom. The molecular formula is C54H90O6. The van der Waals surface area contributed by atoms with Crippen molar-refractivity contribution in [2.45, 2.75) is 226 Å². The normalized spacial score (nSPS) is 12.8. The third-order valence-electron chi connectivity index (χ3n) is 10.3. The summed E-state index contributed by atoms with van der Waals surface area (Å²) in [5, 5.41) is 0. The van der Waals surface area contributed by atoms with Gasteiger partial charge in [0.05, 0.1) is 0 Å². The molecular weight excluding hydrogens is 745 g/mol. The van der Waals surface area contributed by atoms with Crippen LogP contribution in [0.2, 0.25) is 0 Å². The molecule has 6 heteroatoms. The number of ether oxygens (including phenoxy) is 3. The van der Waals surface area contributed by atoms with E-state index >= 15 is 0 Å². The molecule has 0 aliphatic heterocycles. The van der Waals surface area contributed by atoms with Gasteiger partial charge in [0.25, 0.3) is 0 Å². The first-order valence-electron chi connectivity index (χ1n) is 24.7. The number of esters is 3. The average molecular weight is 835 g/mol. The van der Waals surface area contributed by atoms with E-state index in [-0.39, 0.29) is 31.1 Å². The van der Waals surface area contributed by atoms with Gasteiger partial charge in [0.2, 0.25) is 0 Å². The van der Waals surface area contributed by atoms with E-state index in [9.17, 15) is 14.4 Å². The molecule has 0 radical (unpaired) electrons. The van der Waals surface area contributed by atoms with E-state index in [0.29, 0.717) is 19.3 Å². The first-order valence-corrected chi connectivity index (χ1v) is 24.7.